The molecule has 1 fully saturated rings. The third-order valence-electron chi connectivity index (χ3n) is 5.69. The summed E-state index contributed by atoms with van der Waals surface area (Å²) in [7, 11) is -4.35. The Balaban J connectivity index is 1.98. The van der Waals surface area contributed by atoms with Crippen molar-refractivity contribution in [2.75, 3.05) is 6.61 Å². The first kappa shape index (κ1) is 26.0. The number of ether oxygens (including phenoxy) is 1. The highest BCUT2D eigenvalue weighted by Crippen LogP contribution is 2.43. The topological polar surface area (TPSA) is 104 Å². The lowest BCUT2D eigenvalue weighted by Gasteiger charge is -2.37. The number of carbonyl (C=O) groups excluding carboxylic acids is 1. The fourth-order valence-corrected chi connectivity index (χ4v) is 5.58. The van der Waals surface area contributed by atoms with Crippen molar-refractivity contribution in [3.8, 4) is 0 Å². The van der Waals surface area contributed by atoms with E-state index in [2.05, 4.69) is 5.10 Å². The molecule has 2 atom stereocenters. The number of sulfone groups is 1. The van der Waals surface area contributed by atoms with Crippen molar-refractivity contribution in [1.82, 2.24) is 9.78 Å². The number of nitrogens with zero attached hydrogens (tertiary/aromatic N) is 2. The molecule has 2 unspecified atom stereocenters. The molecule has 2 aromatic rings. The van der Waals surface area contributed by atoms with Crippen LogP contribution >= 0.6 is 0 Å². The molecule has 1 aliphatic heterocycles. The normalized spacial score (nSPS) is 22.0. The van der Waals surface area contributed by atoms with Gasteiger partial charge in [0.25, 0.3) is 0 Å². The molecule has 1 saturated heterocycles. The van der Waals surface area contributed by atoms with Gasteiger partial charge in [-0.25, -0.2) is 8.42 Å². The van der Waals surface area contributed by atoms with Gasteiger partial charge >= 0.3 is 12.4 Å². The van der Waals surface area contributed by atoms with Gasteiger partial charge in [-0.15, -0.1) is 0 Å². The standard InChI is InChI=1S/C20H21F6N3O4S/c1-18(34(31,32)13-4-2-3-12(9-13)19(21,22)23)6-8-33-15(11-18)14-10-16(20(24,25)26)28-29(14)7-5-17(27)30/h2-4,9-10,15H,5-8,11H2,1H3,(H2,27,30). The zero-order valence-corrected chi connectivity index (χ0v) is 18.6. The van der Waals surface area contributed by atoms with Crippen molar-refractivity contribution in [2.45, 2.75) is 60.8 Å². The quantitative estimate of drug-likeness (QED) is 0.591. The minimum atomic E-state index is -4.81. The maximum absolute atomic E-state index is 13.3. The molecule has 1 aromatic heterocycles. The molecule has 34 heavy (non-hydrogen) atoms. The second-order valence-electron chi connectivity index (χ2n) is 8.18. The molecule has 188 valence electrons. The van der Waals surface area contributed by atoms with Crippen LogP contribution in [0.4, 0.5) is 26.3 Å². The predicted molar refractivity (Wildman–Crippen MR) is 106 cm³/mol. The van der Waals surface area contributed by atoms with E-state index in [0.29, 0.717) is 12.1 Å². The lowest BCUT2D eigenvalue weighted by molar-refractivity contribution is -0.141. The van der Waals surface area contributed by atoms with Crippen molar-refractivity contribution in [1.29, 1.82) is 0 Å². The van der Waals surface area contributed by atoms with Gasteiger partial charge in [-0.3, -0.25) is 9.48 Å². The van der Waals surface area contributed by atoms with Crippen LogP contribution in [0.3, 0.4) is 0 Å². The molecule has 1 aromatic carbocycles. The smallest absolute Gasteiger partial charge is 0.372 e. The van der Waals surface area contributed by atoms with Crippen LogP contribution in [0, 0.1) is 0 Å². The van der Waals surface area contributed by atoms with Gasteiger partial charge in [-0.05, 0) is 44.0 Å². The lowest BCUT2D eigenvalue weighted by Crippen LogP contribution is -2.42. The van der Waals surface area contributed by atoms with Gasteiger partial charge in [0.1, 0.15) is 6.10 Å². The summed E-state index contributed by atoms with van der Waals surface area (Å²) in [6.07, 6.45) is -11.5. The minimum absolute atomic E-state index is 0.0936. The molecule has 2 N–H and O–H groups in total. The number of rotatable bonds is 6. The zero-order valence-electron chi connectivity index (χ0n) is 17.8. The van der Waals surface area contributed by atoms with E-state index in [0.717, 1.165) is 22.9 Å². The molecule has 14 heteroatoms. The van der Waals surface area contributed by atoms with E-state index in [1.54, 1.807) is 0 Å². The first-order valence-corrected chi connectivity index (χ1v) is 11.5. The van der Waals surface area contributed by atoms with Crippen LogP contribution in [0.1, 0.15) is 49.2 Å². The Morgan fingerprint density at radius 2 is 1.88 bits per heavy atom. The van der Waals surface area contributed by atoms with Crippen LogP contribution in [0.2, 0.25) is 0 Å². The number of amides is 1. The van der Waals surface area contributed by atoms with Gasteiger partial charge in [0.2, 0.25) is 5.91 Å². The van der Waals surface area contributed by atoms with Gasteiger partial charge < -0.3 is 10.5 Å². The van der Waals surface area contributed by atoms with Crippen molar-refractivity contribution >= 4 is 15.7 Å². The summed E-state index contributed by atoms with van der Waals surface area (Å²) in [4.78, 5) is 10.6. The average Bonchev–Trinajstić information content (AvgIpc) is 3.16. The van der Waals surface area contributed by atoms with Crippen LogP contribution in [-0.2, 0) is 38.3 Å². The Kier molecular flexibility index (Phi) is 6.79. The molecule has 0 bridgehead atoms. The van der Waals surface area contributed by atoms with E-state index in [9.17, 15) is 39.6 Å². The highest BCUT2D eigenvalue weighted by atomic mass is 32.2. The summed E-state index contributed by atoms with van der Waals surface area (Å²) in [5.41, 5.74) is 2.56. The molecule has 1 amide bonds. The number of benzene rings is 1. The molecule has 2 heterocycles. The molecular weight excluding hydrogens is 492 g/mol. The first-order chi connectivity index (χ1) is 15.5. The number of aromatic nitrogens is 2. The van der Waals surface area contributed by atoms with Crippen molar-refractivity contribution < 1.29 is 44.3 Å². The third-order valence-corrected chi connectivity index (χ3v) is 8.23. The number of carbonyl (C=O) groups is 1. The number of aryl methyl sites for hydroxylation is 1. The molecule has 7 nitrogen and oxygen atoms in total. The molecule has 0 aliphatic carbocycles. The van der Waals surface area contributed by atoms with E-state index in [4.69, 9.17) is 10.5 Å². The van der Waals surface area contributed by atoms with Crippen LogP contribution in [0.5, 0.6) is 0 Å². The number of hydrogen-bond donors (Lipinski definition) is 1. The largest absolute Gasteiger partial charge is 0.435 e. The lowest BCUT2D eigenvalue weighted by atomic mass is 9.94. The van der Waals surface area contributed by atoms with Crippen LogP contribution in [-0.4, -0.2) is 35.5 Å². The maximum atomic E-state index is 13.3. The summed E-state index contributed by atoms with van der Waals surface area (Å²) >= 11 is 0. The molecule has 3 rings (SSSR count). The van der Waals surface area contributed by atoms with Gasteiger partial charge in [0.15, 0.2) is 15.5 Å². The molecule has 0 radical (unpaired) electrons. The van der Waals surface area contributed by atoms with Gasteiger partial charge in [-0.2, -0.15) is 31.4 Å². The summed E-state index contributed by atoms with van der Waals surface area (Å²) in [5.74, 6) is -0.781. The second kappa shape index (κ2) is 8.87. The van der Waals surface area contributed by atoms with Gasteiger partial charge in [0, 0.05) is 13.0 Å². The Morgan fingerprint density at radius 1 is 1.21 bits per heavy atom. The van der Waals surface area contributed by atoms with E-state index in [-0.39, 0.29) is 38.1 Å². The van der Waals surface area contributed by atoms with Crippen molar-refractivity contribution in [3.05, 3.63) is 47.3 Å². The van der Waals surface area contributed by atoms with Crippen LogP contribution in [0.15, 0.2) is 35.2 Å². The van der Waals surface area contributed by atoms with E-state index < -0.39 is 55.1 Å². The predicted octanol–water partition coefficient (Wildman–Crippen LogP) is 3.88. The Labute approximate surface area is 190 Å². The molecule has 1 aliphatic rings. The first-order valence-electron chi connectivity index (χ1n) is 10.0. The Hall–Kier alpha value is -2.61. The highest BCUT2D eigenvalue weighted by Gasteiger charge is 2.47. The highest BCUT2D eigenvalue weighted by molar-refractivity contribution is 7.92. The Bertz CT molecular complexity index is 1180. The van der Waals surface area contributed by atoms with Crippen LogP contribution in [0.25, 0.3) is 0 Å². The fraction of sp³-hybridized carbons (Fsp3) is 0.500. The number of halogens is 6. The Morgan fingerprint density at radius 3 is 2.47 bits per heavy atom. The van der Waals surface area contributed by atoms with Gasteiger partial charge in [-0.1, -0.05) is 6.07 Å². The minimum Gasteiger partial charge on any atom is -0.372 e. The van der Waals surface area contributed by atoms with Crippen molar-refractivity contribution in [2.24, 2.45) is 5.73 Å². The number of hydrogen-bond acceptors (Lipinski definition) is 5. The number of alkyl halides is 6. The number of nitrogens with two attached hydrogens (primary N) is 1. The van der Waals surface area contributed by atoms with E-state index >= 15 is 0 Å². The summed E-state index contributed by atoms with van der Waals surface area (Å²) in [6.45, 7) is 0.840. The second-order valence-corrected chi connectivity index (χ2v) is 10.6. The number of primary amides is 1. The van der Waals surface area contributed by atoms with E-state index in [1.807, 2.05) is 0 Å². The average molecular weight is 513 g/mol. The summed E-state index contributed by atoms with van der Waals surface area (Å²) < 4.78 is 111. The molecular formula is C20H21F6N3O4S. The third kappa shape index (κ3) is 5.22. The fourth-order valence-electron chi connectivity index (χ4n) is 3.75. The monoisotopic (exact) mass is 513 g/mol. The molecule has 0 spiro atoms. The van der Waals surface area contributed by atoms with Crippen molar-refractivity contribution in [3.63, 3.8) is 0 Å². The van der Waals surface area contributed by atoms with E-state index in [1.165, 1.54) is 6.92 Å². The summed E-state index contributed by atoms with van der Waals surface area (Å²) in [5, 5.41) is 3.46. The summed E-state index contributed by atoms with van der Waals surface area (Å²) in [6, 6.07) is 3.99. The SMILES string of the molecule is CC1(S(=O)(=O)c2cccc(C(F)(F)F)c2)CCOC(c2cc(C(F)(F)F)nn2CCC(N)=O)C1. The van der Waals surface area contributed by atoms with Gasteiger partial charge in [0.05, 0.1) is 27.4 Å². The molecule has 0 saturated carbocycles. The van der Waals surface area contributed by atoms with Crippen LogP contribution < -0.4 is 5.73 Å². The zero-order chi connectivity index (χ0) is 25.5. The maximum Gasteiger partial charge on any atom is 0.435 e.